The minimum Gasteiger partial charge on any atom is -0.490 e. The Kier molecular flexibility index (Phi) is 9.84. The van der Waals surface area contributed by atoms with Gasteiger partial charge in [0, 0.05) is 6.04 Å². The molecule has 0 unspecified atom stereocenters. The summed E-state index contributed by atoms with van der Waals surface area (Å²) < 4.78 is 40.3. The van der Waals surface area contributed by atoms with Crippen LogP contribution < -0.4 is 19.5 Å². The molecule has 0 atom stereocenters. The van der Waals surface area contributed by atoms with E-state index in [0.29, 0.717) is 42.9 Å². The van der Waals surface area contributed by atoms with E-state index >= 15 is 0 Å². The van der Waals surface area contributed by atoms with Gasteiger partial charge in [0.25, 0.3) is 0 Å². The van der Waals surface area contributed by atoms with Gasteiger partial charge in [0.1, 0.15) is 22.1 Å². The van der Waals surface area contributed by atoms with Gasteiger partial charge in [-0.1, -0.05) is 48.0 Å². The fourth-order valence-electron chi connectivity index (χ4n) is 4.99. The Balaban J connectivity index is 1.07. The van der Waals surface area contributed by atoms with Gasteiger partial charge in [-0.3, -0.25) is 4.79 Å². The first-order valence-electron chi connectivity index (χ1n) is 14.1. The average molecular weight is 635 g/mol. The Morgan fingerprint density at radius 2 is 1.39 bits per heavy atom. The Morgan fingerprint density at radius 3 is 2.05 bits per heavy atom. The highest BCUT2D eigenvalue weighted by Gasteiger charge is 2.27. The number of ether oxygens (including phenoxy) is 2. The highest BCUT2D eigenvalue weighted by molar-refractivity contribution is 7.89. The van der Waals surface area contributed by atoms with Gasteiger partial charge in [0.15, 0.2) is 0 Å². The number of carbonyl (C=O) groups is 2. The Hall–Kier alpha value is -4.38. The van der Waals surface area contributed by atoms with Crippen LogP contribution in [0.15, 0.2) is 102 Å². The Bertz CT molecular complexity index is 1720. The molecule has 5 rings (SSSR count). The number of anilines is 1. The lowest BCUT2D eigenvalue weighted by atomic mass is 9.94. The molecule has 0 aromatic heterocycles. The van der Waals surface area contributed by atoms with Crippen molar-refractivity contribution in [1.82, 2.24) is 4.72 Å². The van der Waals surface area contributed by atoms with Crippen molar-refractivity contribution in [2.75, 3.05) is 5.32 Å². The van der Waals surface area contributed by atoms with E-state index in [9.17, 15) is 23.1 Å². The minimum atomic E-state index is -3.69. The smallest absolute Gasteiger partial charge is 0.337 e. The largest absolute Gasteiger partial charge is 0.490 e. The third-order valence-electron chi connectivity index (χ3n) is 7.20. The molecule has 4 aromatic carbocycles. The third-order valence-corrected chi connectivity index (χ3v) is 9.22. The van der Waals surface area contributed by atoms with E-state index in [0.717, 1.165) is 5.56 Å². The van der Waals surface area contributed by atoms with Crippen molar-refractivity contribution in [1.29, 1.82) is 0 Å². The second-order valence-corrected chi connectivity index (χ2v) is 12.5. The standard InChI is InChI=1S/C33H31ClN2O7S/c34-29-6-2-4-8-31(29)44(40,41)36-23-11-15-25(16-12-23)43-27-19-17-26(18-20-27)42-24-13-9-22(10-14-24)21-32(37)35-30-7-3-1-5-28(30)33(38)39/h1-10,13-14,17-20,23,25,36H,11-12,15-16,21H2,(H,35,37)(H,38,39). The fraction of sp³-hybridized carbons (Fsp3) is 0.212. The number of carboxylic acids is 1. The summed E-state index contributed by atoms with van der Waals surface area (Å²) in [6.45, 7) is 0. The molecular formula is C33H31ClN2O7S. The van der Waals surface area contributed by atoms with Crippen molar-refractivity contribution in [3.05, 3.63) is 113 Å². The van der Waals surface area contributed by atoms with E-state index in [1.807, 2.05) is 12.1 Å². The van der Waals surface area contributed by atoms with Gasteiger partial charge in [-0.15, -0.1) is 0 Å². The molecule has 4 aromatic rings. The second-order valence-electron chi connectivity index (χ2n) is 10.4. The van der Waals surface area contributed by atoms with Gasteiger partial charge < -0.3 is 19.9 Å². The molecule has 0 radical (unpaired) electrons. The second kappa shape index (κ2) is 13.9. The lowest BCUT2D eigenvalue weighted by Gasteiger charge is -2.29. The predicted molar refractivity (Wildman–Crippen MR) is 167 cm³/mol. The van der Waals surface area contributed by atoms with Crippen molar-refractivity contribution in [2.45, 2.75) is 49.1 Å². The van der Waals surface area contributed by atoms with E-state index < -0.39 is 16.0 Å². The van der Waals surface area contributed by atoms with Gasteiger partial charge >= 0.3 is 5.97 Å². The first kappa shape index (κ1) is 31.1. The number of rotatable bonds is 11. The van der Waals surface area contributed by atoms with Gasteiger partial charge in [-0.25, -0.2) is 17.9 Å². The molecule has 1 aliphatic rings. The van der Waals surface area contributed by atoms with Crippen molar-refractivity contribution in [2.24, 2.45) is 0 Å². The van der Waals surface area contributed by atoms with E-state index in [-0.39, 0.29) is 45.6 Å². The van der Waals surface area contributed by atoms with Crippen LogP contribution in [0, 0.1) is 0 Å². The minimum absolute atomic E-state index is 0.0230. The van der Waals surface area contributed by atoms with Gasteiger partial charge in [0.05, 0.1) is 28.8 Å². The lowest BCUT2D eigenvalue weighted by molar-refractivity contribution is -0.115. The number of hydrogen-bond donors (Lipinski definition) is 3. The number of carboxylic acid groups (broad SMARTS) is 1. The lowest BCUT2D eigenvalue weighted by Crippen LogP contribution is -2.39. The van der Waals surface area contributed by atoms with Crippen LogP contribution in [0.2, 0.25) is 5.02 Å². The Labute approximate surface area is 260 Å². The number of sulfonamides is 1. The molecule has 228 valence electrons. The summed E-state index contributed by atoms with van der Waals surface area (Å²) in [6, 6.07) is 26.8. The summed E-state index contributed by atoms with van der Waals surface area (Å²) in [4.78, 5) is 23.9. The number of carbonyl (C=O) groups excluding carboxylic acids is 1. The summed E-state index contributed by atoms with van der Waals surface area (Å²) in [6.07, 6.45) is 2.79. The highest BCUT2D eigenvalue weighted by Crippen LogP contribution is 2.29. The molecule has 44 heavy (non-hydrogen) atoms. The zero-order chi connectivity index (χ0) is 31.1. The van der Waals surface area contributed by atoms with Crippen LogP contribution in [0.4, 0.5) is 5.69 Å². The molecule has 9 nitrogen and oxygen atoms in total. The van der Waals surface area contributed by atoms with Gasteiger partial charge in [0.2, 0.25) is 15.9 Å². The number of aromatic carboxylic acids is 1. The summed E-state index contributed by atoms with van der Waals surface area (Å²) in [5.41, 5.74) is 1.03. The van der Waals surface area contributed by atoms with Crippen LogP contribution in [0.1, 0.15) is 41.6 Å². The zero-order valence-electron chi connectivity index (χ0n) is 23.6. The van der Waals surface area contributed by atoms with E-state index in [1.165, 1.54) is 12.1 Å². The number of amides is 1. The Morgan fingerprint density at radius 1 is 0.795 bits per heavy atom. The van der Waals surface area contributed by atoms with Crippen molar-refractivity contribution < 1.29 is 32.6 Å². The first-order valence-corrected chi connectivity index (χ1v) is 15.9. The van der Waals surface area contributed by atoms with Crippen LogP contribution in [-0.4, -0.2) is 37.5 Å². The summed E-state index contributed by atoms with van der Waals surface area (Å²) in [5.74, 6) is 0.475. The van der Waals surface area contributed by atoms with Crippen LogP contribution >= 0.6 is 11.6 Å². The molecule has 0 aliphatic heterocycles. The predicted octanol–water partition coefficient (Wildman–Crippen LogP) is 6.68. The van der Waals surface area contributed by atoms with Crippen LogP contribution in [0.3, 0.4) is 0 Å². The molecule has 11 heteroatoms. The fourth-order valence-corrected chi connectivity index (χ4v) is 6.82. The molecule has 0 heterocycles. The van der Waals surface area contributed by atoms with Gasteiger partial charge in [-0.2, -0.15) is 0 Å². The monoisotopic (exact) mass is 634 g/mol. The number of nitrogens with one attached hydrogen (secondary N) is 2. The first-order chi connectivity index (χ1) is 21.2. The molecule has 3 N–H and O–H groups in total. The third kappa shape index (κ3) is 8.16. The van der Waals surface area contributed by atoms with E-state index in [4.69, 9.17) is 21.1 Å². The maximum Gasteiger partial charge on any atom is 0.337 e. The summed E-state index contributed by atoms with van der Waals surface area (Å²) in [5, 5.41) is 12.1. The van der Waals surface area contributed by atoms with Crippen molar-refractivity contribution >= 4 is 39.2 Å². The maximum absolute atomic E-state index is 12.7. The van der Waals surface area contributed by atoms with Crippen molar-refractivity contribution in [3.8, 4) is 17.2 Å². The maximum atomic E-state index is 12.7. The van der Waals surface area contributed by atoms with Crippen LogP contribution in [0.5, 0.6) is 17.2 Å². The number of halogens is 1. The molecule has 1 saturated carbocycles. The van der Waals surface area contributed by atoms with E-state index in [1.54, 1.807) is 72.8 Å². The highest BCUT2D eigenvalue weighted by atomic mass is 35.5. The summed E-state index contributed by atoms with van der Waals surface area (Å²) >= 11 is 6.08. The topological polar surface area (TPSA) is 131 Å². The van der Waals surface area contributed by atoms with Gasteiger partial charge in [-0.05, 0) is 91.9 Å². The zero-order valence-corrected chi connectivity index (χ0v) is 25.2. The molecule has 1 amide bonds. The van der Waals surface area contributed by atoms with E-state index in [2.05, 4.69) is 10.0 Å². The number of benzene rings is 4. The molecular weight excluding hydrogens is 604 g/mol. The number of hydrogen-bond acceptors (Lipinski definition) is 6. The van der Waals surface area contributed by atoms with Crippen LogP contribution in [0.25, 0.3) is 0 Å². The molecule has 0 spiro atoms. The SMILES string of the molecule is O=C(Cc1ccc(Oc2ccc(OC3CCC(NS(=O)(=O)c4ccccc4Cl)CC3)cc2)cc1)Nc1ccccc1C(=O)O. The average Bonchev–Trinajstić information content (AvgIpc) is 3.00. The quantitative estimate of drug-likeness (QED) is 0.168. The van der Waals surface area contributed by atoms with Crippen LogP contribution in [-0.2, 0) is 21.2 Å². The molecule has 0 bridgehead atoms. The number of para-hydroxylation sites is 1. The molecule has 0 saturated heterocycles. The molecule has 1 fully saturated rings. The molecule has 1 aliphatic carbocycles. The normalized spacial score (nSPS) is 16.6. The van der Waals surface area contributed by atoms with Crippen molar-refractivity contribution in [3.63, 3.8) is 0 Å². The summed E-state index contributed by atoms with van der Waals surface area (Å²) in [7, 11) is -3.69.